The van der Waals surface area contributed by atoms with Gasteiger partial charge in [-0.3, -0.25) is 14.2 Å². The lowest BCUT2D eigenvalue weighted by atomic mass is 10.0. The first-order chi connectivity index (χ1) is 18.6. The van der Waals surface area contributed by atoms with Crippen molar-refractivity contribution in [1.82, 2.24) is 14.9 Å². The fourth-order valence-corrected chi connectivity index (χ4v) is 4.46. The molecular weight excluding hydrogens is 553 g/mol. The number of aromatic nitrogens is 2. The molecule has 0 radical (unpaired) electrons. The number of amides is 1. The van der Waals surface area contributed by atoms with Crippen LogP contribution in [0.5, 0.6) is 0 Å². The van der Waals surface area contributed by atoms with Crippen molar-refractivity contribution in [3.05, 3.63) is 63.5 Å². The fourth-order valence-electron chi connectivity index (χ4n) is 4.46. The van der Waals surface area contributed by atoms with Crippen molar-refractivity contribution in [1.29, 1.82) is 0 Å². The van der Waals surface area contributed by atoms with Crippen LogP contribution in [0.15, 0.2) is 29.2 Å². The van der Waals surface area contributed by atoms with E-state index in [-0.39, 0.29) is 25.2 Å². The lowest BCUT2D eigenvalue weighted by Gasteiger charge is -2.24. The Hall–Kier alpha value is -3.72. The van der Waals surface area contributed by atoms with Crippen molar-refractivity contribution < 1.29 is 45.7 Å². The van der Waals surface area contributed by atoms with Crippen molar-refractivity contribution in [3.8, 4) is 5.69 Å². The molecule has 15 heteroatoms. The Morgan fingerprint density at radius 3 is 2.15 bits per heavy atom. The third-order valence-corrected chi connectivity index (χ3v) is 6.35. The van der Waals surface area contributed by atoms with E-state index in [2.05, 4.69) is 4.98 Å². The van der Waals surface area contributed by atoms with Gasteiger partial charge in [0, 0.05) is 31.4 Å². The van der Waals surface area contributed by atoms with Crippen LogP contribution in [0.1, 0.15) is 30.6 Å². The van der Waals surface area contributed by atoms with E-state index in [1.807, 2.05) is 0 Å². The summed E-state index contributed by atoms with van der Waals surface area (Å²) in [5, 5.41) is 20.6. The van der Waals surface area contributed by atoms with Crippen LogP contribution >= 0.6 is 0 Å². The summed E-state index contributed by atoms with van der Waals surface area (Å²) in [6, 6.07) is -1.25. The summed E-state index contributed by atoms with van der Waals surface area (Å²) >= 11 is 0. The van der Waals surface area contributed by atoms with E-state index in [4.69, 9.17) is 0 Å². The first-order valence-corrected chi connectivity index (χ1v) is 12.0. The molecule has 3 aromatic rings. The molecule has 3 atom stereocenters. The Labute approximate surface area is 221 Å². The number of aliphatic hydroxyl groups is 2. The summed E-state index contributed by atoms with van der Waals surface area (Å²) in [4.78, 5) is 31.2. The quantitative estimate of drug-likeness (QED) is 0.390. The highest BCUT2D eigenvalue weighted by Crippen LogP contribution is 2.29. The minimum atomic E-state index is -4.90. The van der Waals surface area contributed by atoms with Gasteiger partial charge in [-0.25, -0.2) is 22.5 Å². The summed E-state index contributed by atoms with van der Waals surface area (Å²) in [6.45, 7) is 2.35. The molecule has 1 amide bonds. The van der Waals surface area contributed by atoms with E-state index < -0.39 is 99.5 Å². The molecule has 0 spiro atoms. The number of nitrogens with one attached hydrogen (secondary N) is 1. The Kier molecular flexibility index (Phi) is 7.82. The van der Waals surface area contributed by atoms with Gasteiger partial charge < -0.3 is 20.4 Å². The molecule has 3 heterocycles. The molecule has 1 aromatic carbocycles. The van der Waals surface area contributed by atoms with E-state index in [0.29, 0.717) is 16.8 Å². The Morgan fingerprint density at radius 2 is 1.62 bits per heavy atom. The average Bonchev–Trinajstić information content (AvgIpc) is 3.16. The normalized spacial score (nSPS) is 18.6. The lowest BCUT2D eigenvalue weighted by Crippen LogP contribution is -2.47. The number of aliphatic hydroxyl groups excluding tert-OH is 2. The molecule has 8 nitrogen and oxygen atoms in total. The molecule has 1 aliphatic heterocycles. The first kappa shape index (κ1) is 29.3. The summed E-state index contributed by atoms with van der Waals surface area (Å²) in [6.07, 6.45) is -7.50. The molecule has 216 valence electrons. The molecular formula is C25H23F7N4O4. The van der Waals surface area contributed by atoms with Crippen LogP contribution in [-0.4, -0.2) is 63.2 Å². The van der Waals surface area contributed by atoms with Crippen LogP contribution in [0, 0.1) is 29.2 Å². The average molecular weight is 576 g/mol. The molecule has 1 saturated heterocycles. The van der Waals surface area contributed by atoms with Crippen LogP contribution < -0.4 is 15.6 Å². The lowest BCUT2D eigenvalue weighted by molar-refractivity contribution is -0.156. The SMILES string of the molecule is CC(C)C[C@@H](NC(=O)c1cn(-c2c(F)cc(F)cc2F)c2nc(N3C[C@@H](O)[C@H](O)C3)c(F)cc2c1=O)C(F)(F)F. The van der Waals surface area contributed by atoms with Crippen LogP contribution in [0.4, 0.5) is 36.6 Å². The van der Waals surface area contributed by atoms with Gasteiger partial charge in [-0.15, -0.1) is 0 Å². The van der Waals surface area contributed by atoms with Crippen molar-refractivity contribution in [2.45, 2.75) is 44.7 Å². The van der Waals surface area contributed by atoms with Gasteiger partial charge in [0.2, 0.25) is 5.43 Å². The Morgan fingerprint density at radius 1 is 1.05 bits per heavy atom. The zero-order valence-corrected chi connectivity index (χ0v) is 20.9. The summed E-state index contributed by atoms with van der Waals surface area (Å²) in [5.41, 5.74) is -4.00. The van der Waals surface area contributed by atoms with Gasteiger partial charge in [-0.05, 0) is 18.4 Å². The maximum absolute atomic E-state index is 15.1. The molecule has 1 aliphatic rings. The van der Waals surface area contributed by atoms with Crippen LogP contribution in [-0.2, 0) is 0 Å². The second kappa shape index (κ2) is 10.7. The predicted molar refractivity (Wildman–Crippen MR) is 128 cm³/mol. The van der Waals surface area contributed by atoms with Crippen molar-refractivity contribution in [2.75, 3.05) is 18.0 Å². The molecule has 0 bridgehead atoms. The molecule has 0 saturated carbocycles. The van der Waals surface area contributed by atoms with Gasteiger partial charge in [0.25, 0.3) is 5.91 Å². The number of hydrogen-bond donors (Lipinski definition) is 3. The smallest absolute Gasteiger partial charge is 0.389 e. The van der Waals surface area contributed by atoms with Crippen molar-refractivity contribution in [2.24, 2.45) is 5.92 Å². The van der Waals surface area contributed by atoms with E-state index in [9.17, 15) is 46.1 Å². The van der Waals surface area contributed by atoms with Gasteiger partial charge in [-0.2, -0.15) is 13.2 Å². The van der Waals surface area contributed by atoms with Gasteiger partial charge in [0.15, 0.2) is 28.9 Å². The van der Waals surface area contributed by atoms with Gasteiger partial charge in [-0.1, -0.05) is 13.8 Å². The summed E-state index contributed by atoms with van der Waals surface area (Å²) in [5.74, 6) is -8.18. The van der Waals surface area contributed by atoms with Crippen LogP contribution in [0.3, 0.4) is 0 Å². The first-order valence-electron chi connectivity index (χ1n) is 12.0. The predicted octanol–water partition coefficient (Wildman–Crippen LogP) is 3.19. The third kappa shape index (κ3) is 5.61. The number of β-amino-alcohol motifs (C(OH)–C–C–N with tert-alkyl or cyclic N) is 2. The number of benzene rings is 1. The minimum absolute atomic E-state index is 0.280. The monoisotopic (exact) mass is 576 g/mol. The van der Waals surface area contributed by atoms with E-state index in [0.717, 1.165) is 4.90 Å². The van der Waals surface area contributed by atoms with E-state index >= 15 is 4.39 Å². The third-order valence-electron chi connectivity index (χ3n) is 6.35. The Bertz CT molecular complexity index is 1490. The maximum atomic E-state index is 15.1. The highest BCUT2D eigenvalue weighted by Gasteiger charge is 2.41. The van der Waals surface area contributed by atoms with Crippen LogP contribution in [0.2, 0.25) is 0 Å². The van der Waals surface area contributed by atoms with Gasteiger partial charge in [0.05, 0.1) is 17.6 Å². The number of fused-ring (bicyclic) bond motifs is 1. The standard InChI is InChI=1S/C25H23F7N4O4/c1-10(2)3-19(25(30,31)32)33-24(40)13-7-36(20-14(27)4-11(26)5-15(20)28)22-12(21(13)39)6-16(29)23(34-22)35-8-17(37)18(38)9-35/h4-7,10,17-19,37-38H,3,8-9H2,1-2H3,(H,33,40)/t17-,18-,19-/m1/s1. The number of pyridine rings is 2. The number of nitrogens with zero attached hydrogens (tertiary/aromatic N) is 3. The summed E-state index contributed by atoms with van der Waals surface area (Å²) in [7, 11) is 0. The number of alkyl halides is 3. The second-order valence-corrected chi connectivity index (χ2v) is 9.86. The zero-order valence-electron chi connectivity index (χ0n) is 20.9. The van der Waals surface area contributed by atoms with Crippen molar-refractivity contribution >= 4 is 22.8 Å². The number of hydrogen-bond acceptors (Lipinski definition) is 6. The maximum Gasteiger partial charge on any atom is 0.408 e. The number of rotatable bonds is 6. The topological polar surface area (TPSA) is 108 Å². The summed E-state index contributed by atoms with van der Waals surface area (Å²) < 4.78 is 99.6. The Balaban J connectivity index is 1.96. The second-order valence-electron chi connectivity index (χ2n) is 9.86. The van der Waals surface area contributed by atoms with Gasteiger partial charge >= 0.3 is 6.18 Å². The molecule has 2 aromatic heterocycles. The molecule has 3 N–H and O–H groups in total. The highest BCUT2D eigenvalue weighted by atomic mass is 19.4. The van der Waals surface area contributed by atoms with Crippen LogP contribution in [0.25, 0.3) is 16.7 Å². The number of halogens is 7. The highest BCUT2D eigenvalue weighted by molar-refractivity contribution is 5.97. The number of carbonyl (C=O) groups is 1. The molecule has 1 fully saturated rings. The van der Waals surface area contributed by atoms with E-state index in [1.165, 1.54) is 13.8 Å². The van der Waals surface area contributed by atoms with Crippen molar-refractivity contribution in [3.63, 3.8) is 0 Å². The zero-order chi connectivity index (χ0) is 29.7. The van der Waals surface area contributed by atoms with Gasteiger partial charge in [0.1, 0.15) is 23.1 Å². The number of anilines is 1. The minimum Gasteiger partial charge on any atom is -0.389 e. The fraction of sp³-hybridized carbons (Fsp3) is 0.400. The molecule has 4 rings (SSSR count). The molecule has 0 unspecified atom stereocenters. The van der Waals surface area contributed by atoms with E-state index in [1.54, 1.807) is 5.32 Å². The largest absolute Gasteiger partial charge is 0.408 e. The molecule has 40 heavy (non-hydrogen) atoms. The molecule has 0 aliphatic carbocycles. The number of carbonyl (C=O) groups excluding carboxylic acids is 1.